The van der Waals surface area contributed by atoms with Crippen LogP contribution in [0.25, 0.3) is 0 Å². The maximum atomic E-state index is 3.66. The van der Waals surface area contributed by atoms with Crippen molar-refractivity contribution in [3.63, 3.8) is 0 Å². The summed E-state index contributed by atoms with van der Waals surface area (Å²) in [4.78, 5) is 0. The highest BCUT2D eigenvalue weighted by atomic mass is 14.2. The lowest BCUT2D eigenvalue weighted by Gasteiger charge is -2.21. The van der Waals surface area contributed by atoms with Crippen LogP contribution in [0.2, 0.25) is 0 Å². The van der Waals surface area contributed by atoms with E-state index in [1.165, 1.54) is 12.8 Å². The molecule has 0 amide bonds. The molecule has 0 N–H and O–H groups in total. The fraction of sp³-hybridized carbons (Fsp3) is 0.538. The summed E-state index contributed by atoms with van der Waals surface area (Å²) in [6.07, 6.45) is 14.0. The number of rotatable bonds is 6. The average molecular weight is 178 g/mol. The Labute approximate surface area is 83.0 Å². The van der Waals surface area contributed by atoms with Gasteiger partial charge in [-0.15, -0.1) is 0 Å². The number of allylic oxidation sites excluding steroid dienone is 5. The Morgan fingerprint density at radius 1 is 1.23 bits per heavy atom. The van der Waals surface area contributed by atoms with Crippen LogP contribution in [-0.4, -0.2) is 0 Å². The first-order valence-electron chi connectivity index (χ1n) is 5.01. The van der Waals surface area contributed by atoms with Gasteiger partial charge >= 0.3 is 0 Å². The van der Waals surface area contributed by atoms with E-state index in [1.54, 1.807) is 0 Å². The second kappa shape index (κ2) is 6.71. The first-order chi connectivity index (χ1) is 6.12. The molecule has 0 heteroatoms. The maximum Gasteiger partial charge on any atom is -0.0296 e. The standard InChI is InChI=1S/C13H22/c1-5-7-9-11-13(3,4)12-10-8-6-2/h5-9H,1,10-12H2,2-4H3. The van der Waals surface area contributed by atoms with Gasteiger partial charge in [-0.05, 0) is 31.6 Å². The first kappa shape index (κ1) is 12.2. The van der Waals surface area contributed by atoms with Gasteiger partial charge in [0.25, 0.3) is 0 Å². The van der Waals surface area contributed by atoms with Gasteiger partial charge in [-0.2, -0.15) is 0 Å². The van der Waals surface area contributed by atoms with E-state index in [2.05, 4.69) is 45.6 Å². The summed E-state index contributed by atoms with van der Waals surface area (Å²) >= 11 is 0. The van der Waals surface area contributed by atoms with E-state index in [0.29, 0.717) is 5.41 Å². The largest absolute Gasteiger partial charge is 0.0991 e. The molecule has 74 valence electrons. The molecule has 0 aromatic rings. The van der Waals surface area contributed by atoms with E-state index in [0.717, 1.165) is 6.42 Å². The highest BCUT2D eigenvalue weighted by molar-refractivity contribution is 4.99. The molecular weight excluding hydrogens is 156 g/mol. The molecule has 0 aliphatic carbocycles. The van der Waals surface area contributed by atoms with Crippen LogP contribution >= 0.6 is 0 Å². The topological polar surface area (TPSA) is 0 Å². The zero-order valence-corrected chi connectivity index (χ0v) is 9.22. The maximum absolute atomic E-state index is 3.66. The van der Waals surface area contributed by atoms with Gasteiger partial charge in [0.1, 0.15) is 0 Å². The minimum atomic E-state index is 0.416. The molecule has 0 unspecified atom stereocenters. The number of hydrogen-bond acceptors (Lipinski definition) is 0. The van der Waals surface area contributed by atoms with Gasteiger partial charge in [0.2, 0.25) is 0 Å². The van der Waals surface area contributed by atoms with Crippen molar-refractivity contribution in [2.75, 3.05) is 0 Å². The zero-order valence-electron chi connectivity index (χ0n) is 9.22. The third kappa shape index (κ3) is 7.58. The third-order valence-electron chi connectivity index (χ3n) is 2.17. The van der Waals surface area contributed by atoms with Crippen LogP contribution in [0, 0.1) is 5.41 Å². The third-order valence-corrected chi connectivity index (χ3v) is 2.17. The van der Waals surface area contributed by atoms with Crippen LogP contribution in [0.4, 0.5) is 0 Å². The highest BCUT2D eigenvalue weighted by Crippen LogP contribution is 2.27. The van der Waals surface area contributed by atoms with E-state index >= 15 is 0 Å². The lowest BCUT2D eigenvalue weighted by Crippen LogP contribution is -2.08. The Morgan fingerprint density at radius 2 is 1.92 bits per heavy atom. The lowest BCUT2D eigenvalue weighted by atomic mass is 9.84. The summed E-state index contributed by atoms with van der Waals surface area (Å²) in [5.74, 6) is 0. The summed E-state index contributed by atoms with van der Waals surface area (Å²) in [7, 11) is 0. The molecule has 0 aliphatic rings. The summed E-state index contributed by atoms with van der Waals surface area (Å²) in [5.41, 5.74) is 0.416. The molecule has 0 spiro atoms. The fourth-order valence-corrected chi connectivity index (χ4v) is 1.23. The molecule has 0 heterocycles. The Bertz CT molecular complexity index is 182. The van der Waals surface area contributed by atoms with Gasteiger partial charge in [0.05, 0.1) is 0 Å². The summed E-state index contributed by atoms with van der Waals surface area (Å²) in [6.45, 7) is 10.4. The number of hydrogen-bond donors (Lipinski definition) is 0. The van der Waals surface area contributed by atoms with Crippen molar-refractivity contribution in [3.8, 4) is 0 Å². The molecule has 0 bridgehead atoms. The summed E-state index contributed by atoms with van der Waals surface area (Å²) < 4.78 is 0. The SMILES string of the molecule is C=CC=CCC(C)(C)CCC=CC. The zero-order chi connectivity index (χ0) is 10.2. The predicted molar refractivity (Wildman–Crippen MR) is 61.8 cm³/mol. The quantitative estimate of drug-likeness (QED) is 0.415. The molecule has 0 nitrogen and oxygen atoms in total. The smallest absolute Gasteiger partial charge is 0.0296 e. The van der Waals surface area contributed by atoms with Gasteiger partial charge in [0.15, 0.2) is 0 Å². The molecule has 0 saturated carbocycles. The van der Waals surface area contributed by atoms with Crippen molar-refractivity contribution in [2.24, 2.45) is 5.41 Å². The molecule has 0 rings (SSSR count). The van der Waals surface area contributed by atoms with Gasteiger partial charge < -0.3 is 0 Å². The molecular formula is C13H22. The second-order valence-electron chi connectivity index (χ2n) is 4.14. The van der Waals surface area contributed by atoms with Gasteiger partial charge in [-0.3, -0.25) is 0 Å². The summed E-state index contributed by atoms with van der Waals surface area (Å²) in [6, 6.07) is 0. The van der Waals surface area contributed by atoms with Gasteiger partial charge in [-0.1, -0.05) is 50.8 Å². The average Bonchev–Trinajstić information content (AvgIpc) is 2.05. The summed E-state index contributed by atoms with van der Waals surface area (Å²) in [5, 5.41) is 0. The highest BCUT2D eigenvalue weighted by Gasteiger charge is 2.13. The first-order valence-corrected chi connectivity index (χ1v) is 5.01. The second-order valence-corrected chi connectivity index (χ2v) is 4.14. The molecule has 0 radical (unpaired) electrons. The van der Waals surface area contributed by atoms with Crippen molar-refractivity contribution in [3.05, 3.63) is 37.0 Å². The van der Waals surface area contributed by atoms with Gasteiger partial charge in [-0.25, -0.2) is 0 Å². The van der Waals surface area contributed by atoms with E-state index in [4.69, 9.17) is 0 Å². The Balaban J connectivity index is 3.78. The van der Waals surface area contributed by atoms with Crippen LogP contribution < -0.4 is 0 Å². The van der Waals surface area contributed by atoms with Crippen molar-refractivity contribution in [1.82, 2.24) is 0 Å². The molecule has 13 heavy (non-hydrogen) atoms. The van der Waals surface area contributed by atoms with Crippen molar-refractivity contribution in [2.45, 2.75) is 40.0 Å². The van der Waals surface area contributed by atoms with E-state index in [1.807, 2.05) is 12.2 Å². The lowest BCUT2D eigenvalue weighted by molar-refractivity contribution is 0.343. The van der Waals surface area contributed by atoms with Gasteiger partial charge in [0, 0.05) is 0 Å². The molecule has 0 aromatic carbocycles. The minimum Gasteiger partial charge on any atom is -0.0991 e. The minimum absolute atomic E-state index is 0.416. The Morgan fingerprint density at radius 3 is 2.46 bits per heavy atom. The van der Waals surface area contributed by atoms with E-state index < -0.39 is 0 Å². The normalized spacial score (nSPS) is 12.8. The van der Waals surface area contributed by atoms with Crippen LogP contribution in [-0.2, 0) is 0 Å². The van der Waals surface area contributed by atoms with Crippen LogP contribution in [0.3, 0.4) is 0 Å². The Hall–Kier alpha value is -0.780. The van der Waals surface area contributed by atoms with E-state index in [-0.39, 0.29) is 0 Å². The predicted octanol–water partition coefficient (Wildman–Crippen LogP) is 4.50. The van der Waals surface area contributed by atoms with Crippen LogP contribution in [0.5, 0.6) is 0 Å². The molecule has 0 saturated heterocycles. The van der Waals surface area contributed by atoms with Crippen molar-refractivity contribution >= 4 is 0 Å². The molecule has 0 aromatic heterocycles. The van der Waals surface area contributed by atoms with E-state index in [9.17, 15) is 0 Å². The molecule has 0 aliphatic heterocycles. The molecule has 0 atom stereocenters. The Kier molecular flexibility index (Phi) is 6.30. The monoisotopic (exact) mass is 178 g/mol. The van der Waals surface area contributed by atoms with Crippen molar-refractivity contribution in [1.29, 1.82) is 0 Å². The van der Waals surface area contributed by atoms with Crippen LogP contribution in [0.15, 0.2) is 37.0 Å². The van der Waals surface area contributed by atoms with Crippen molar-refractivity contribution < 1.29 is 0 Å². The molecule has 0 fully saturated rings. The fourth-order valence-electron chi connectivity index (χ4n) is 1.23. The van der Waals surface area contributed by atoms with Crippen LogP contribution in [0.1, 0.15) is 40.0 Å².